The van der Waals surface area contributed by atoms with E-state index in [0.29, 0.717) is 12.1 Å². The van der Waals surface area contributed by atoms with Crippen LogP contribution in [-0.2, 0) is 4.74 Å². The highest BCUT2D eigenvalue weighted by atomic mass is 16.5. The van der Waals surface area contributed by atoms with Gasteiger partial charge in [0.25, 0.3) is 0 Å². The van der Waals surface area contributed by atoms with Gasteiger partial charge in [0.05, 0.1) is 11.2 Å². The summed E-state index contributed by atoms with van der Waals surface area (Å²) >= 11 is 0. The molecule has 3 heteroatoms. The van der Waals surface area contributed by atoms with Crippen LogP contribution < -0.4 is 5.32 Å². The number of morpholine rings is 1. The topological polar surface area (TPSA) is 24.5 Å². The first-order chi connectivity index (χ1) is 9.72. The first-order valence-electron chi connectivity index (χ1n) is 8.90. The number of hydrogen-bond acceptors (Lipinski definition) is 3. The minimum absolute atomic E-state index is 0.0439. The molecule has 2 rings (SSSR count). The Kier molecular flexibility index (Phi) is 5.38. The van der Waals surface area contributed by atoms with Crippen LogP contribution in [0.25, 0.3) is 0 Å². The van der Waals surface area contributed by atoms with Crippen molar-refractivity contribution >= 4 is 0 Å². The molecule has 0 aromatic carbocycles. The molecule has 1 aliphatic carbocycles. The van der Waals surface area contributed by atoms with Crippen LogP contribution in [0.5, 0.6) is 0 Å². The Labute approximate surface area is 131 Å². The summed E-state index contributed by atoms with van der Waals surface area (Å²) in [5.41, 5.74) is -0.0878. The van der Waals surface area contributed by atoms with Gasteiger partial charge in [0.1, 0.15) is 0 Å². The van der Waals surface area contributed by atoms with Crippen LogP contribution in [0.15, 0.2) is 0 Å². The van der Waals surface area contributed by atoms with Crippen LogP contribution in [0.3, 0.4) is 0 Å². The standard InChI is InChI=1S/C18H36N2O/c1-7-10-19-15-9-8-14(2)11-16(15)20-12-17(3,4)21-18(5,6)13-20/h14-16,19H,7-13H2,1-6H3. The molecule has 3 atom stereocenters. The van der Waals surface area contributed by atoms with Gasteiger partial charge < -0.3 is 10.1 Å². The molecule has 0 aromatic rings. The van der Waals surface area contributed by atoms with Crippen LogP contribution >= 0.6 is 0 Å². The van der Waals surface area contributed by atoms with Crippen molar-refractivity contribution in [2.45, 2.75) is 90.5 Å². The summed E-state index contributed by atoms with van der Waals surface area (Å²) in [5, 5.41) is 3.81. The van der Waals surface area contributed by atoms with E-state index in [4.69, 9.17) is 4.74 Å². The molecule has 0 aromatic heterocycles. The third-order valence-corrected chi connectivity index (χ3v) is 4.92. The molecule has 21 heavy (non-hydrogen) atoms. The predicted molar refractivity (Wildman–Crippen MR) is 89.7 cm³/mol. The van der Waals surface area contributed by atoms with Crippen LogP contribution in [-0.4, -0.2) is 47.8 Å². The van der Waals surface area contributed by atoms with E-state index in [1.807, 2.05) is 0 Å². The summed E-state index contributed by atoms with van der Waals surface area (Å²) < 4.78 is 6.26. The van der Waals surface area contributed by atoms with E-state index >= 15 is 0 Å². The molecule has 3 unspecified atom stereocenters. The Morgan fingerprint density at radius 3 is 2.29 bits per heavy atom. The lowest BCUT2D eigenvalue weighted by atomic mass is 9.81. The second kappa shape index (κ2) is 6.55. The van der Waals surface area contributed by atoms with Crippen molar-refractivity contribution in [1.82, 2.24) is 10.2 Å². The van der Waals surface area contributed by atoms with Crippen LogP contribution in [0, 0.1) is 5.92 Å². The van der Waals surface area contributed by atoms with Gasteiger partial charge in [-0.2, -0.15) is 0 Å². The molecule has 3 nitrogen and oxygen atoms in total. The van der Waals surface area contributed by atoms with E-state index in [1.54, 1.807) is 0 Å². The molecule has 1 N–H and O–H groups in total. The number of nitrogens with one attached hydrogen (secondary N) is 1. The number of rotatable bonds is 4. The van der Waals surface area contributed by atoms with Gasteiger partial charge in [-0.3, -0.25) is 4.90 Å². The van der Waals surface area contributed by atoms with Crippen molar-refractivity contribution in [2.24, 2.45) is 5.92 Å². The fourth-order valence-corrected chi connectivity index (χ4v) is 4.40. The Balaban J connectivity index is 2.11. The average Bonchev–Trinajstić information content (AvgIpc) is 2.33. The van der Waals surface area contributed by atoms with Crippen LogP contribution in [0.4, 0.5) is 0 Å². The van der Waals surface area contributed by atoms with Crippen LogP contribution in [0.2, 0.25) is 0 Å². The molecule has 1 aliphatic heterocycles. The Bertz CT molecular complexity index is 322. The van der Waals surface area contributed by atoms with E-state index in [1.165, 1.54) is 25.7 Å². The van der Waals surface area contributed by atoms with Gasteiger partial charge in [-0.05, 0) is 65.8 Å². The number of ether oxygens (including phenoxy) is 1. The maximum Gasteiger partial charge on any atom is 0.0760 e. The van der Waals surface area contributed by atoms with Gasteiger partial charge >= 0.3 is 0 Å². The summed E-state index contributed by atoms with van der Waals surface area (Å²) in [7, 11) is 0. The zero-order valence-electron chi connectivity index (χ0n) is 15.0. The quantitative estimate of drug-likeness (QED) is 0.860. The zero-order chi connectivity index (χ0) is 15.7. The number of nitrogens with zero attached hydrogens (tertiary/aromatic N) is 1. The second-order valence-electron chi connectivity index (χ2n) is 8.57. The lowest BCUT2D eigenvalue weighted by Gasteiger charge is -2.52. The molecule has 124 valence electrons. The van der Waals surface area contributed by atoms with Crippen molar-refractivity contribution in [3.63, 3.8) is 0 Å². The van der Waals surface area contributed by atoms with Gasteiger partial charge in [0, 0.05) is 25.2 Å². The molecule has 0 amide bonds. The van der Waals surface area contributed by atoms with E-state index in [9.17, 15) is 0 Å². The van der Waals surface area contributed by atoms with Gasteiger partial charge in [-0.15, -0.1) is 0 Å². The summed E-state index contributed by atoms with van der Waals surface area (Å²) in [5.74, 6) is 0.851. The minimum atomic E-state index is -0.0439. The Morgan fingerprint density at radius 2 is 1.71 bits per heavy atom. The van der Waals surface area contributed by atoms with Gasteiger partial charge in [0.15, 0.2) is 0 Å². The molecule has 0 bridgehead atoms. The van der Waals surface area contributed by atoms with Crippen LogP contribution in [0.1, 0.15) is 67.2 Å². The normalized spacial score (nSPS) is 36.6. The largest absolute Gasteiger partial charge is 0.367 e. The fourth-order valence-electron chi connectivity index (χ4n) is 4.40. The average molecular weight is 296 g/mol. The highest BCUT2D eigenvalue weighted by Crippen LogP contribution is 2.34. The monoisotopic (exact) mass is 296 g/mol. The zero-order valence-corrected chi connectivity index (χ0v) is 15.0. The van der Waals surface area contributed by atoms with E-state index in [-0.39, 0.29) is 11.2 Å². The van der Waals surface area contributed by atoms with Crippen molar-refractivity contribution in [3.05, 3.63) is 0 Å². The van der Waals surface area contributed by atoms with Gasteiger partial charge in [0.2, 0.25) is 0 Å². The van der Waals surface area contributed by atoms with E-state index in [2.05, 4.69) is 51.8 Å². The predicted octanol–water partition coefficient (Wildman–Crippen LogP) is 3.43. The molecule has 2 fully saturated rings. The van der Waals surface area contributed by atoms with E-state index < -0.39 is 0 Å². The summed E-state index contributed by atoms with van der Waals surface area (Å²) in [6.07, 6.45) is 5.24. The lowest BCUT2D eigenvalue weighted by molar-refractivity contribution is -0.191. The molecular formula is C18H36N2O. The van der Waals surface area contributed by atoms with Gasteiger partial charge in [-0.25, -0.2) is 0 Å². The SMILES string of the molecule is CCCNC1CCC(C)CC1N1CC(C)(C)OC(C)(C)C1. The first-order valence-corrected chi connectivity index (χ1v) is 8.90. The van der Waals surface area contributed by atoms with Gasteiger partial charge in [-0.1, -0.05) is 13.8 Å². The fraction of sp³-hybridized carbons (Fsp3) is 1.00. The Morgan fingerprint density at radius 1 is 1.10 bits per heavy atom. The Hall–Kier alpha value is -0.120. The molecule has 1 heterocycles. The third kappa shape index (κ3) is 4.67. The van der Waals surface area contributed by atoms with Crippen molar-refractivity contribution < 1.29 is 4.74 Å². The van der Waals surface area contributed by atoms with Crippen molar-refractivity contribution in [2.75, 3.05) is 19.6 Å². The molecule has 0 radical (unpaired) electrons. The highest BCUT2D eigenvalue weighted by molar-refractivity contribution is 4.97. The third-order valence-electron chi connectivity index (χ3n) is 4.92. The summed E-state index contributed by atoms with van der Waals surface area (Å²) in [4.78, 5) is 2.71. The van der Waals surface area contributed by atoms with Crippen molar-refractivity contribution in [3.8, 4) is 0 Å². The lowest BCUT2D eigenvalue weighted by Crippen LogP contribution is -2.64. The first kappa shape index (κ1) is 17.2. The number of hydrogen-bond donors (Lipinski definition) is 1. The van der Waals surface area contributed by atoms with Crippen molar-refractivity contribution in [1.29, 1.82) is 0 Å². The summed E-state index contributed by atoms with van der Waals surface area (Å²) in [6, 6.07) is 1.33. The molecule has 1 saturated carbocycles. The molecule has 1 saturated heterocycles. The minimum Gasteiger partial charge on any atom is -0.367 e. The van der Waals surface area contributed by atoms with E-state index in [0.717, 1.165) is 25.6 Å². The molecular weight excluding hydrogens is 260 g/mol. The highest BCUT2D eigenvalue weighted by Gasteiger charge is 2.43. The molecule has 2 aliphatic rings. The smallest absolute Gasteiger partial charge is 0.0760 e. The maximum absolute atomic E-state index is 6.26. The summed E-state index contributed by atoms with van der Waals surface area (Å²) in [6.45, 7) is 16.9. The molecule has 0 spiro atoms. The second-order valence-corrected chi connectivity index (χ2v) is 8.57. The maximum atomic E-state index is 6.26.